The lowest BCUT2D eigenvalue weighted by atomic mass is 9.88. The summed E-state index contributed by atoms with van der Waals surface area (Å²) in [5.41, 5.74) is 6.72. The van der Waals surface area contributed by atoms with Gasteiger partial charge in [-0.25, -0.2) is 15.0 Å². The van der Waals surface area contributed by atoms with E-state index in [0.29, 0.717) is 17.5 Å². The van der Waals surface area contributed by atoms with Crippen LogP contribution < -0.4 is 4.90 Å². The Kier molecular flexibility index (Phi) is 6.28. The summed E-state index contributed by atoms with van der Waals surface area (Å²) in [6.45, 7) is 0. The fraction of sp³-hybridized carbons (Fsp3) is 0.0444. The maximum atomic E-state index is 5.16. The lowest BCUT2D eigenvalue weighted by Gasteiger charge is -2.30. The molecule has 1 aromatic heterocycles. The topological polar surface area (TPSA) is 41.9 Å². The number of benzene rings is 7. The lowest BCUT2D eigenvalue weighted by Crippen LogP contribution is -2.28. The van der Waals surface area contributed by atoms with E-state index >= 15 is 0 Å². The van der Waals surface area contributed by atoms with Crippen LogP contribution in [0.4, 0.5) is 11.4 Å². The Balaban J connectivity index is 1.17. The largest absolute Gasteiger partial charge is 0.333 e. The van der Waals surface area contributed by atoms with E-state index in [1.165, 1.54) is 33.1 Å². The van der Waals surface area contributed by atoms with E-state index in [1.807, 2.05) is 18.2 Å². The van der Waals surface area contributed by atoms with Gasteiger partial charge in [-0.2, -0.15) is 0 Å². The first-order chi connectivity index (χ1) is 24.3. The van der Waals surface area contributed by atoms with Crippen molar-refractivity contribution in [3.8, 4) is 34.2 Å². The van der Waals surface area contributed by atoms with Crippen molar-refractivity contribution in [2.75, 3.05) is 4.90 Å². The molecule has 2 unspecified atom stereocenters. The average molecular weight is 627 g/mol. The molecule has 0 saturated carbocycles. The number of aromatic nitrogens is 3. The summed E-state index contributed by atoms with van der Waals surface area (Å²) in [7, 11) is 0. The monoisotopic (exact) mass is 626 g/mol. The SMILES string of the molecule is C1=CC2c3c(ccc4ccccc34)N(c3ccc(-c4nc(-c5ccccc5)nc(-c5ccc6ccccc6c5)n4)c4ccccc34)C2C=C1. The fourth-order valence-electron chi connectivity index (χ4n) is 7.76. The summed E-state index contributed by atoms with van der Waals surface area (Å²) in [6, 6.07) is 51.6. The summed E-state index contributed by atoms with van der Waals surface area (Å²) in [5, 5.41) is 7.20. The maximum absolute atomic E-state index is 5.16. The van der Waals surface area contributed by atoms with Crippen molar-refractivity contribution < 1.29 is 0 Å². The van der Waals surface area contributed by atoms with Crippen LogP contribution in [-0.2, 0) is 0 Å². The highest BCUT2D eigenvalue weighted by Gasteiger charge is 2.39. The Morgan fingerprint density at radius 3 is 1.92 bits per heavy atom. The summed E-state index contributed by atoms with van der Waals surface area (Å²) in [4.78, 5) is 17.8. The van der Waals surface area contributed by atoms with E-state index in [1.54, 1.807) is 0 Å². The molecule has 8 aromatic rings. The van der Waals surface area contributed by atoms with Crippen LogP contribution in [0.1, 0.15) is 11.5 Å². The van der Waals surface area contributed by atoms with Crippen LogP contribution in [0.2, 0.25) is 0 Å². The number of hydrogen-bond donors (Lipinski definition) is 0. The fourth-order valence-corrected chi connectivity index (χ4v) is 7.76. The highest BCUT2D eigenvalue weighted by molar-refractivity contribution is 6.06. The van der Waals surface area contributed by atoms with Crippen molar-refractivity contribution >= 4 is 43.7 Å². The third-order valence-electron chi connectivity index (χ3n) is 10.0. The van der Waals surface area contributed by atoms with Gasteiger partial charge in [-0.05, 0) is 56.8 Å². The minimum absolute atomic E-state index is 0.182. The first-order valence-corrected chi connectivity index (χ1v) is 16.8. The van der Waals surface area contributed by atoms with Crippen LogP contribution in [0, 0.1) is 0 Å². The van der Waals surface area contributed by atoms with Gasteiger partial charge in [-0.3, -0.25) is 0 Å². The molecular formula is C45H30N4. The number of allylic oxidation sites excluding steroid dienone is 2. The van der Waals surface area contributed by atoms with Gasteiger partial charge in [-0.1, -0.05) is 146 Å². The second-order valence-electron chi connectivity index (χ2n) is 12.8. The molecule has 0 amide bonds. The minimum atomic E-state index is 0.182. The van der Waals surface area contributed by atoms with Crippen LogP contribution in [0.5, 0.6) is 0 Å². The Hall–Kier alpha value is -6.39. The van der Waals surface area contributed by atoms with Gasteiger partial charge in [0.05, 0.1) is 6.04 Å². The second-order valence-corrected chi connectivity index (χ2v) is 12.8. The smallest absolute Gasteiger partial charge is 0.164 e. The summed E-state index contributed by atoms with van der Waals surface area (Å²) >= 11 is 0. The molecule has 0 N–H and O–H groups in total. The first-order valence-electron chi connectivity index (χ1n) is 16.8. The Labute approximate surface area is 284 Å². The van der Waals surface area contributed by atoms with Crippen molar-refractivity contribution in [2.45, 2.75) is 12.0 Å². The molecule has 2 heterocycles. The molecule has 0 fully saturated rings. The molecule has 7 aromatic carbocycles. The molecule has 230 valence electrons. The van der Waals surface area contributed by atoms with E-state index in [0.717, 1.165) is 32.8 Å². The molecule has 4 nitrogen and oxygen atoms in total. The summed E-state index contributed by atoms with van der Waals surface area (Å²) in [6.07, 6.45) is 9.07. The zero-order valence-electron chi connectivity index (χ0n) is 26.6. The van der Waals surface area contributed by atoms with Crippen LogP contribution in [-0.4, -0.2) is 21.0 Å². The number of hydrogen-bond acceptors (Lipinski definition) is 4. The van der Waals surface area contributed by atoms with Crippen molar-refractivity contribution in [2.24, 2.45) is 0 Å². The molecule has 1 aliphatic carbocycles. The highest BCUT2D eigenvalue weighted by Crippen LogP contribution is 2.52. The zero-order chi connectivity index (χ0) is 32.3. The summed E-state index contributed by atoms with van der Waals surface area (Å²) in [5.74, 6) is 2.24. The van der Waals surface area contributed by atoms with Crippen LogP contribution in [0.15, 0.2) is 170 Å². The molecule has 1 aliphatic heterocycles. The van der Waals surface area contributed by atoms with E-state index in [2.05, 4.69) is 157 Å². The lowest BCUT2D eigenvalue weighted by molar-refractivity contribution is 0.749. The number of rotatable bonds is 4. The molecule has 10 rings (SSSR count). The molecular weight excluding hydrogens is 597 g/mol. The van der Waals surface area contributed by atoms with Crippen LogP contribution >= 0.6 is 0 Å². The van der Waals surface area contributed by atoms with Crippen molar-refractivity contribution in [1.29, 1.82) is 0 Å². The predicted molar refractivity (Wildman–Crippen MR) is 202 cm³/mol. The highest BCUT2D eigenvalue weighted by atomic mass is 15.2. The second kappa shape index (κ2) is 11.1. The molecule has 4 heteroatoms. The van der Waals surface area contributed by atoms with Gasteiger partial charge in [0.15, 0.2) is 17.5 Å². The third kappa shape index (κ3) is 4.49. The van der Waals surface area contributed by atoms with Gasteiger partial charge in [-0.15, -0.1) is 0 Å². The maximum Gasteiger partial charge on any atom is 0.164 e. The molecule has 0 spiro atoms. The van der Waals surface area contributed by atoms with Gasteiger partial charge < -0.3 is 4.90 Å². The van der Waals surface area contributed by atoms with E-state index in [-0.39, 0.29) is 12.0 Å². The quantitative estimate of drug-likeness (QED) is 0.195. The van der Waals surface area contributed by atoms with E-state index in [9.17, 15) is 0 Å². The normalized spacial score (nSPS) is 16.4. The summed E-state index contributed by atoms with van der Waals surface area (Å²) < 4.78 is 0. The predicted octanol–water partition coefficient (Wildman–Crippen LogP) is 11.1. The Morgan fingerprint density at radius 1 is 0.429 bits per heavy atom. The van der Waals surface area contributed by atoms with Gasteiger partial charge in [0.1, 0.15) is 0 Å². The minimum Gasteiger partial charge on any atom is -0.333 e. The molecule has 0 bridgehead atoms. The number of fused-ring (bicyclic) bond motifs is 7. The van der Waals surface area contributed by atoms with Crippen molar-refractivity contribution in [3.05, 3.63) is 175 Å². The van der Waals surface area contributed by atoms with Gasteiger partial charge in [0.2, 0.25) is 0 Å². The average Bonchev–Trinajstić information content (AvgIpc) is 3.52. The first kappa shape index (κ1) is 27.7. The van der Waals surface area contributed by atoms with Gasteiger partial charge >= 0.3 is 0 Å². The van der Waals surface area contributed by atoms with Crippen LogP contribution in [0.25, 0.3) is 66.5 Å². The number of nitrogens with zero attached hydrogens (tertiary/aromatic N) is 4. The van der Waals surface area contributed by atoms with E-state index in [4.69, 9.17) is 15.0 Å². The number of anilines is 2. The van der Waals surface area contributed by atoms with Crippen molar-refractivity contribution in [3.63, 3.8) is 0 Å². The van der Waals surface area contributed by atoms with E-state index < -0.39 is 0 Å². The van der Waals surface area contributed by atoms with Gasteiger partial charge in [0.25, 0.3) is 0 Å². The molecule has 0 saturated heterocycles. The molecule has 0 radical (unpaired) electrons. The molecule has 2 aliphatic rings. The third-order valence-corrected chi connectivity index (χ3v) is 10.0. The van der Waals surface area contributed by atoms with Crippen molar-refractivity contribution in [1.82, 2.24) is 15.0 Å². The Morgan fingerprint density at radius 2 is 1.06 bits per heavy atom. The van der Waals surface area contributed by atoms with Gasteiger partial charge in [0, 0.05) is 39.4 Å². The standard InChI is InChI=1S/C45H30N4/c1-2-14-31(15-3-1)43-46-44(33-23-22-29-12-4-5-16-32(29)28-33)48-45(47-43)37-25-27-40(36-19-9-8-18-35(36)37)49-39-21-11-10-20-38(39)42-34-17-7-6-13-30(34)24-26-41(42)49/h1-28,38-39H. The Bertz CT molecular complexity index is 2640. The van der Waals surface area contributed by atoms with Crippen LogP contribution in [0.3, 0.4) is 0 Å². The molecule has 49 heavy (non-hydrogen) atoms. The molecule has 2 atom stereocenters. The zero-order valence-corrected chi connectivity index (χ0v) is 26.6.